The van der Waals surface area contributed by atoms with E-state index in [9.17, 15) is 18.0 Å². The standard InChI is InChI=1S/C14H15F3N4O.ClH/c1-8-12(7-19-21(8)2)13(22)20-11-4-9(6-18)3-10(5-11)14(15,16)17;/h3-5,7H,6,18H2,1-2H3,(H,20,22);1H. The zero-order chi connectivity index (χ0) is 16.5. The first-order valence-corrected chi connectivity index (χ1v) is 6.43. The molecule has 0 unspecified atom stereocenters. The highest BCUT2D eigenvalue weighted by molar-refractivity contribution is 6.05. The van der Waals surface area contributed by atoms with E-state index < -0.39 is 17.6 Å². The van der Waals surface area contributed by atoms with E-state index in [-0.39, 0.29) is 30.2 Å². The van der Waals surface area contributed by atoms with Gasteiger partial charge in [-0.2, -0.15) is 18.3 Å². The van der Waals surface area contributed by atoms with Crippen LogP contribution in [0.25, 0.3) is 0 Å². The van der Waals surface area contributed by atoms with Crippen LogP contribution in [-0.2, 0) is 19.8 Å². The molecule has 1 amide bonds. The maximum Gasteiger partial charge on any atom is 0.416 e. The van der Waals surface area contributed by atoms with E-state index in [1.54, 1.807) is 14.0 Å². The second-order valence-corrected chi connectivity index (χ2v) is 4.84. The predicted molar refractivity (Wildman–Crippen MR) is 82.5 cm³/mol. The Balaban J connectivity index is 0.00000264. The van der Waals surface area contributed by atoms with Gasteiger partial charge in [-0.15, -0.1) is 12.4 Å². The number of carbonyl (C=O) groups excluding carboxylic acids is 1. The van der Waals surface area contributed by atoms with Crippen molar-refractivity contribution in [2.75, 3.05) is 5.32 Å². The van der Waals surface area contributed by atoms with Gasteiger partial charge in [0.05, 0.1) is 17.3 Å². The fraction of sp³-hybridized carbons (Fsp3) is 0.286. The summed E-state index contributed by atoms with van der Waals surface area (Å²) >= 11 is 0. The van der Waals surface area contributed by atoms with Crippen molar-refractivity contribution in [2.24, 2.45) is 12.8 Å². The number of halogens is 4. The van der Waals surface area contributed by atoms with Gasteiger partial charge in [0.15, 0.2) is 0 Å². The van der Waals surface area contributed by atoms with Crippen molar-refractivity contribution < 1.29 is 18.0 Å². The molecule has 23 heavy (non-hydrogen) atoms. The third-order valence-electron chi connectivity index (χ3n) is 3.29. The van der Waals surface area contributed by atoms with Crippen molar-refractivity contribution >= 4 is 24.0 Å². The second-order valence-electron chi connectivity index (χ2n) is 4.84. The molecule has 0 saturated heterocycles. The number of aryl methyl sites for hydroxylation is 1. The summed E-state index contributed by atoms with van der Waals surface area (Å²) in [5.74, 6) is -0.520. The normalized spacial score (nSPS) is 11.0. The third kappa shape index (κ3) is 4.23. The summed E-state index contributed by atoms with van der Waals surface area (Å²) in [5.41, 5.74) is 5.80. The Bertz CT molecular complexity index is 713. The maximum atomic E-state index is 12.8. The minimum Gasteiger partial charge on any atom is -0.326 e. The first-order chi connectivity index (χ1) is 10.2. The molecule has 0 saturated carbocycles. The molecule has 1 aromatic heterocycles. The van der Waals surface area contributed by atoms with Crippen LogP contribution >= 0.6 is 12.4 Å². The summed E-state index contributed by atoms with van der Waals surface area (Å²) in [6.45, 7) is 1.64. The average Bonchev–Trinajstić information content (AvgIpc) is 2.77. The zero-order valence-electron chi connectivity index (χ0n) is 12.4. The molecule has 2 rings (SSSR count). The largest absolute Gasteiger partial charge is 0.416 e. The van der Waals surface area contributed by atoms with Gasteiger partial charge in [0.1, 0.15) is 0 Å². The highest BCUT2D eigenvalue weighted by Crippen LogP contribution is 2.32. The van der Waals surface area contributed by atoms with Crippen molar-refractivity contribution in [3.63, 3.8) is 0 Å². The van der Waals surface area contributed by atoms with Crippen LogP contribution in [0.4, 0.5) is 18.9 Å². The summed E-state index contributed by atoms with van der Waals surface area (Å²) in [6, 6.07) is 3.26. The van der Waals surface area contributed by atoms with E-state index in [0.717, 1.165) is 12.1 Å². The molecule has 3 N–H and O–H groups in total. The average molecular weight is 349 g/mol. The van der Waals surface area contributed by atoms with Crippen molar-refractivity contribution in [3.8, 4) is 0 Å². The Kier molecular flexibility index (Phi) is 5.79. The number of alkyl halides is 3. The van der Waals surface area contributed by atoms with E-state index >= 15 is 0 Å². The summed E-state index contributed by atoms with van der Waals surface area (Å²) in [7, 11) is 1.67. The number of nitrogens with zero attached hydrogens (tertiary/aromatic N) is 2. The molecule has 0 spiro atoms. The maximum absolute atomic E-state index is 12.8. The van der Waals surface area contributed by atoms with Crippen LogP contribution in [0, 0.1) is 6.92 Å². The molecule has 0 aliphatic carbocycles. The quantitative estimate of drug-likeness (QED) is 0.895. The molecule has 5 nitrogen and oxygen atoms in total. The lowest BCUT2D eigenvalue weighted by molar-refractivity contribution is -0.137. The lowest BCUT2D eigenvalue weighted by Gasteiger charge is -2.12. The van der Waals surface area contributed by atoms with Gasteiger partial charge in [-0.1, -0.05) is 0 Å². The first-order valence-electron chi connectivity index (χ1n) is 6.43. The molecule has 0 atom stereocenters. The number of anilines is 1. The zero-order valence-corrected chi connectivity index (χ0v) is 13.3. The molecule has 0 radical (unpaired) electrons. The number of nitrogens with one attached hydrogen (secondary N) is 1. The number of benzene rings is 1. The number of amides is 1. The van der Waals surface area contributed by atoms with E-state index in [2.05, 4.69) is 10.4 Å². The molecule has 9 heteroatoms. The Morgan fingerprint density at radius 1 is 1.35 bits per heavy atom. The van der Waals surface area contributed by atoms with Crippen molar-refractivity contribution in [1.82, 2.24) is 9.78 Å². The van der Waals surface area contributed by atoms with E-state index in [4.69, 9.17) is 5.73 Å². The Hall–Kier alpha value is -2.06. The summed E-state index contributed by atoms with van der Waals surface area (Å²) in [6.07, 6.45) is -3.14. The molecular weight excluding hydrogens is 333 g/mol. The van der Waals surface area contributed by atoms with Crippen molar-refractivity contribution in [3.05, 3.63) is 46.8 Å². The number of carbonyl (C=O) groups is 1. The Morgan fingerprint density at radius 3 is 2.48 bits per heavy atom. The van der Waals surface area contributed by atoms with Crippen LogP contribution in [0.1, 0.15) is 27.2 Å². The van der Waals surface area contributed by atoms with Gasteiger partial charge in [-0.3, -0.25) is 9.48 Å². The number of rotatable bonds is 3. The van der Waals surface area contributed by atoms with Crippen LogP contribution in [0.15, 0.2) is 24.4 Å². The lowest BCUT2D eigenvalue weighted by Crippen LogP contribution is -2.15. The highest BCUT2D eigenvalue weighted by atomic mass is 35.5. The fourth-order valence-electron chi connectivity index (χ4n) is 1.97. The van der Waals surface area contributed by atoms with Gasteiger partial charge in [0.25, 0.3) is 5.91 Å². The van der Waals surface area contributed by atoms with E-state index in [1.807, 2.05) is 0 Å². The van der Waals surface area contributed by atoms with Crippen LogP contribution < -0.4 is 11.1 Å². The predicted octanol–water partition coefficient (Wildman–Crippen LogP) is 2.88. The number of aromatic nitrogens is 2. The molecule has 1 aromatic carbocycles. The van der Waals surface area contributed by atoms with Gasteiger partial charge in [-0.05, 0) is 30.7 Å². The van der Waals surface area contributed by atoms with Crippen LogP contribution in [-0.4, -0.2) is 15.7 Å². The molecule has 0 aliphatic heterocycles. The summed E-state index contributed by atoms with van der Waals surface area (Å²) in [5, 5.41) is 6.38. The van der Waals surface area contributed by atoms with Crippen LogP contribution in [0.3, 0.4) is 0 Å². The molecule has 0 bridgehead atoms. The second kappa shape index (κ2) is 7.01. The monoisotopic (exact) mass is 348 g/mol. The minimum absolute atomic E-state index is 0. The molecule has 126 valence electrons. The van der Waals surface area contributed by atoms with Gasteiger partial charge in [-0.25, -0.2) is 0 Å². The topological polar surface area (TPSA) is 72.9 Å². The van der Waals surface area contributed by atoms with Gasteiger partial charge in [0, 0.05) is 25.0 Å². The molecular formula is C14H16ClF3N4O. The van der Waals surface area contributed by atoms with E-state index in [1.165, 1.54) is 16.9 Å². The highest BCUT2D eigenvalue weighted by Gasteiger charge is 2.31. The van der Waals surface area contributed by atoms with Gasteiger partial charge in [0.2, 0.25) is 0 Å². The third-order valence-corrected chi connectivity index (χ3v) is 3.29. The van der Waals surface area contributed by atoms with Gasteiger partial charge < -0.3 is 11.1 Å². The minimum atomic E-state index is -4.51. The van der Waals surface area contributed by atoms with Crippen molar-refractivity contribution in [2.45, 2.75) is 19.6 Å². The molecule has 2 aromatic rings. The smallest absolute Gasteiger partial charge is 0.326 e. The lowest BCUT2D eigenvalue weighted by atomic mass is 10.1. The van der Waals surface area contributed by atoms with Crippen LogP contribution in [0.5, 0.6) is 0 Å². The SMILES string of the molecule is Cc1c(C(=O)Nc2cc(CN)cc(C(F)(F)F)c2)cnn1C.Cl. The van der Waals surface area contributed by atoms with Crippen molar-refractivity contribution in [1.29, 1.82) is 0 Å². The number of hydrogen-bond acceptors (Lipinski definition) is 3. The number of hydrogen-bond donors (Lipinski definition) is 2. The first kappa shape index (κ1) is 19.0. The molecule has 0 fully saturated rings. The Morgan fingerprint density at radius 2 is 2.00 bits per heavy atom. The fourth-order valence-corrected chi connectivity index (χ4v) is 1.97. The Labute approximate surface area is 137 Å². The number of nitrogens with two attached hydrogens (primary N) is 1. The van der Waals surface area contributed by atoms with E-state index in [0.29, 0.717) is 11.3 Å². The van der Waals surface area contributed by atoms with Gasteiger partial charge >= 0.3 is 6.18 Å². The van der Waals surface area contributed by atoms with Crippen LogP contribution in [0.2, 0.25) is 0 Å². The summed E-state index contributed by atoms with van der Waals surface area (Å²) < 4.78 is 40.0. The summed E-state index contributed by atoms with van der Waals surface area (Å²) in [4.78, 5) is 12.1. The molecule has 1 heterocycles. The molecule has 0 aliphatic rings.